The Kier molecular flexibility index (Phi) is 4.84. The number of benzene rings is 1. The molecule has 0 unspecified atom stereocenters. The molecule has 2 heterocycles. The van der Waals surface area contributed by atoms with Crippen molar-refractivity contribution in [2.45, 2.75) is 12.8 Å². The van der Waals surface area contributed by atoms with E-state index in [1.807, 2.05) is 0 Å². The zero-order chi connectivity index (χ0) is 19.9. The van der Waals surface area contributed by atoms with Crippen molar-refractivity contribution in [3.8, 4) is 5.88 Å². The van der Waals surface area contributed by atoms with E-state index in [0.29, 0.717) is 10.6 Å². The van der Waals surface area contributed by atoms with Crippen molar-refractivity contribution in [2.75, 3.05) is 6.61 Å². The minimum atomic E-state index is -0.938. The monoisotopic (exact) mass is 391 g/mol. The number of rotatable bonds is 3. The highest BCUT2D eigenvalue weighted by Gasteiger charge is 2.40. The number of hydrogen-bond acceptors (Lipinski definition) is 6. The lowest BCUT2D eigenvalue weighted by atomic mass is 9.84. The summed E-state index contributed by atoms with van der Waals surface area (Å²) in [7, 11) is 2.80. The molecule has 9 heteroatoms. The van der Waals surface area contributed by atoms with Crippen LogP contribution in [-0.4, -0.2) is 21.7 Å². The first-order valence-electron chi connectivity index (χ1n) is 8.18. The molecule has 0 saturated heterocycles. The van der Waals surface area contributed by atoms with Crippen molar-refractivity contribution in [1.29, 1.82) is 0 Å². The van der Waals surface area contributed by atoms with Crippen molar-refractivity contribution >= 4 is 17.6 Å². The van der Waals surface area contributed by atoms with Crippen LogP contribution >= 0.6 is 11.6 Å². The van der Waals surface area contributed by atoms with Gasteiger partial charge in [-0.2, -0.15) is 0 Å². The van der Waals surface area contributed by atoms with Gasteiger partial charge in [0.1, 0.15) is 5.57 Å². The van der Waals surface area contributed by atoms with E-state index in [4.69, 9.17) is 26.8 Å². The Morgan fingerprint density at radius 1 is 1.26 bits per heavy atom. The zero-order valence-corrected chi connectivity index (χ0v) is 15.7. The lowest BCUT2D eigenvalue weighted by molar-refractivity contribution is -0.139. The van der Waals surface area contributed by atoms with Gasteiger partial charge in [-0.3, -0.25) is 13.9 Å². The summed E-state index contributed by atoms with van der Waals surface area (Å²) in [5.74, 6) is -1.93. The van der Waals surface area contributed by atoms with Crippen molar-refractivity contribution < 1.29 is 14.3 Å². The number of ether oxygens (including phenoxy) is 2. The van der Waals surface area contributed by atoms with Crippen LogP contribution in [0.4, 0.5) is 0 Å². The van der Waals surface area contributed by atoms with Gasteiger partial charge in [-0.25, -0.2) is 9.59 Å². The van der Waals surface area contributed by atoms with E-state index in [1.165, 1.54) is 14.1 Å². The number of halogens is 1. The van der Waals surface area contributed by atoms with Gasteiger partial charge in [0.25, 0.3) is 5.56 Å². The van der Waals surface area contributed by atoms with Gasteiger partial charge in [0, 0.05) is 19.1 Å². The van der Waals surface area contributed by atoms with E-state index in [9.17, 15) is 14.4 Å². The predicted molar refractivity (Wildman–Crippen MR) is 98.7 cm³/mol. The van der Waals surface area contributed by atoms with Crippen molar-refractivity contribution in [3.63, 3.8) is 0 Å². The van der Waals surface area contributed by atoms with Crippen LogP contribution in [0.15, 0.2) is 45.3 Å². The first-order valence-corrected chi connectivity index (χ1v) is 8.56. The number of hydrogen-bond donors (Lipinski definition) is 1. The Labute approximate surface area is 159 Å². The maximum Gasteiger partial charge on any atom is 0.340 e. The van der Waals surface area contributed by atoms with Gasteiger partial charge < -0.3 is 15.2 Å². The molecule has 0 saturated carbocycles. The summed E-state index contributed by atoms with van der Waals surface area (Å²) >= 11 is 6.35. The van der Waals surface area contributed by atoms with E-state index >= 15 is 0 Å². The lowest BCUT2D eigenvalue weighted by Crippen LogP contribution is -2.43. The summed E-state index contributed by atoms with van der Waals surface area (Å²) in [6.45, 7) is 1.77. The molecule has 0 bridgehead atoms. The number of carbonyl (C=O) groups excluding carboxylic acids is 1. The number of esters is 1. The van der Waals surface area contributed by atoms with Crippen molar-refractivity contribution in [1.82, 2.24) is 9.13 Å². The molecule has 0 fully saturated rings. The Hall–Kier alpha value is -3.00. The third-order valence-electron chi connectivity index (χ3n) is 4.40. The zero-order valence-electron chi connectivity index (χ0n) is 15.0. The highest BCUT2D eigenvalue weighted by molar-refractivity contribution is 6.31. The van der Waals surface area contributed by atoms with Crippen LogP contribution in [0, 0.1) is 0 Å². The molecule has 0 spiro atoms. The molecular formula is C18H18ClN3O5. The molecule has 1 aliphatic rings. The summed E-state index contributed by atoms with van der Waals surface area (Å²) in [4.78, 5) is 37.8. The van der Waals surface area contributed by atoms with Gasteiger partial charge in [0.2, 0.25) is 11.8 Å². The minimum Gasteiger partial charge on any atom is -0.462 e. The second kappa shape index (κ2) is 6.96. The van der Waals surface area contributed by atoms with Crippen LogP contribution in [0.1, 0.15) is 24.0 Å². The van der Waals surface area contributed by atoms with Gasteiger partial charge in [-0.1, -0.05) is 29.8 Å². The smallest absolute Gasteiger partial charge is 0.340 e. The summed E-state index contributed by atoms with van der Waals surface area (Å²) in [6, 6.07) is 6.76. The summed E-state index contributed by atoms with van der Waals surface area (Å²) < 4.78 is 12.7. The van der Waals surface area contributed by atoms with Crippen LogP contribution in [0.2, 0.25) is 5.02 Å². The van der Waals surface area contributed by atoms with Crippen LogP contribution in [0.25, 0.3) is 0 Å². The van der Waals surface area contributed by atoms with Gasteiger partial charge in [-0.05, 0) is 18.6 Å². The van der Waals surface area contributed by atoms with Crippen molar-refractivity contribution in [3.05, 3.63) is 72.7 Å². The minimum absolute atomic E-state index is 0.0291. The number of nitrogens with zero attached hydrogens (tertiary/aromatic N) is 2. The Balaban J connectivity index is 2.42. The van der Waals surface area contributed by atoms with Gasteiger partial charge in [0.15, 0.2) is 0 Å². The van der Waals surface area contributed by atoms with Crippen LogP contribution in [0.5, 0.6) is 5.88 Å². The van der Waals surface area contributed by atoms with E-state index in [1.54, 1.807) is 31.2 Å². The Bertz CT molecular complexity index is 1080. The maximum atomic E-state index is 12.9. The molecule has 3 rings (SSSR count). The molecule has 2 N–H and O–H groups in total. The molecule has 0 aliphatic carbocycles. The first kappa shape index (κ1) is 18.8. The van der Waals surface area contributed by atoms with E-state index in [0.717, 1.165) is 9.13 Å². The molecule has 142 valence electrons. The lowest BCUT2D eigenvalue weighted by Gasteiger charge is -2.29. The number of fused-ring (bicyclic) bond motifs is 1. The topological polar surface area (TPSA) is 106 Å². The molecule has 1 aromatic carbocycles. The number of aromatic nitrogens is 2. The predicted octanol–water partition coefficient (Wildman–Crippen LogP) is 0.995. The van der Waals surface area contributed by atoms with Crippen LogP contribution in [0.3, 0.4) is 0 Å². The van der Waals surface area contributed by atoms with Gasteiger partial charge in [-0.15, -0.1) is 0 Å². The van der Waals surface area contributed by atoms with Crippen LogP contribution in [-0.2, 0) is 23.6 Å². The Morgan fingerprint density at radius 3 is 2.56 bits per heavy atom. The quantitative estimate of drug-likeness (QED) is 0.782. The fraction of sp³-hybridized carbons (Fsp3) is 0.278. The molecular weight excluding hydrogens is 374 g/mol. The first-order chi connectivity index (χ1) is 12.8. The van der Waals surface area contributed by atoms with Crippen LogP contribution < -0.4 is 21.7 Å². The molecule has 2 aromatic rings. The molecule has 1 atom stereocenters. The largest absolute Gasteiger partial charge is 0.462 e. The molecule has 27 heavy (non-hydrogen) atoms. The molecule has 1 aliphatic heterocycles. The fourth-order valence-corrected chi connectivity index (χ4v) is 3.36. The average Bonchev–Trinajstić information content (AvgIpc) is 2.64. The molecule has 0 radical (unpaired) electrons. The summed E-state index contributed by atoms with van der Waals surface area (Å²) in [6.07, 6.45) is 0. The molecule has 1 aromatic heterocycles. The second-order valence-corrected chi connectivity index (χ2v) is 6.39. The molecule has 0 amide bonds. The maximum absolute atomic E-state index is 12.9. The highest BCUT2D eigenvalue weighted by Crippen LogP contribution is 2.42. The normalized spacial score (nSPS) is 15.9. The number of carbonyl (C=O) groups is 1. The summed E-state index contributed by atoms with van der Waals surface area (Å²) in [5, 5.41) is 0.334. The second-order valence-electron chi connectivity index (χ2n) is 5.98. The van der Waals surface area contributed by atoms with E-state index in [2.05, 4.69) is 0 Å². The average molecular weight is 392 g/mol. The third-order valence-corrected chi connectivity index (χ3v) is 4.75. The highest BCUT2D eigenvalue weighted by atomic mass is 35.5. The number of nitrogens with two attached hydrogens (primary N) is 1. The molecule has 8 nitrogen and oxygen atoms in total. The van der Waals surface area contributed by atoms with Gasteiger partial charge in [0.05, 0.1) is 18.1 Å². The van der Waals surface area contributed by atoms with Crippen molar-refractivity contribution in [2.24, 2.45) is 19.8 Å². The van der Waals surface area contributed by atoms with E-state index in [-0.39, 0.29) is 29.5 Å². The standard InChI is InChI=1S/C18H18ClN3O5/c1-4-26-17(24)12-11(9-7-5-6-8-10(9)19)13-15(23)21(2)18(25)22(3)16(13)27-14(12)20/h5-8,11H,4,20H2,1-3H3/t11-/m0/s1. The summed E-state index contributed by atoms with van der Waals surface area (Å²) in [5.41, 5.74) is 5.35. The van der Waals surface area contributed by atoms with E-state index < -0.39 is 23.1 Å². The van der Waals surface area contributed by atoms with Gasteiger partial charge >= 0.3 is 11.7 Å². The SMILES string of the molecule is CCOC(=O)C1=C(N)Oc2c(c(=O)n(C)c(=O)n2C)[C@H]1c1ccccc1Cl. The third kappa shape index (κ3) is 2.91. The fourth-order valence-electron chi connectivity index (χ4n) is 3.12. The Morgan fingerprint density at radius 2 is 1.93 bits per heavy atom.